The van der Waals surface area contributed by atoms with Gasteiger partial charge in [0.1, 0.15) is 5.75 Å². The summed E-state index contributed by atoms with van der Waals surface area (Å²) in [5.41, 5.74) is 8.00. The van der Waals surface area contributed by atoms with Gasteiger partial charge in [0.15, 0.2) is 0 Å². The number of benzene rings is 3. The summed E-state index contributed by atoms with van der Waals surface area (Å²) in [4.78, 5) is 23.5. The minimum atomic E-state index is -0.393. The van der Waals surface area contributed by atoms with Crippen molar-refractivity contribution < 1.29 is 14.3 Å². The molecule has 0 spiro atoms. The standard InChI is InChI=1S/C36H38N6O3/c1-39(2)26-14-16-41(17-15-26)27-9-12-29-33(19-27)42(22-23-6-10-28(44-4)11-7-23)35-30(36(43)45-5)20-31(38-34(29)35)24-8-13-32-25(18-24)21-37-40(32)3/h6-13,18-21,26H,14-17,22H2,1-5H3. The van der Waals surface area contributed by atoms with Crippen LogP contribution in [0.1, 0.15) is 28.8 Å². The van der Waals surface area contributed by atoms with E-state index in [1.165, 1.54) is 12.8 Å². The highest BCUT2D eigenvalue weighted by atomic mass is 16.5. The average molecular weight is 603 g/mol. The number of piperidine rings is 1. The number of pyridine rings is 1. The summed E-state index contributed by atoms with van der Waals surface area (Å²) in [6, 6.07) is 23.3. The van der Waals surface area contributed by atoms with Crippen LogP contribution in [0, 0.1) is 0 Å². The van der Waals surface area contributed by atoms with Crippen molar-refractivity contribution in [3.63, 3.8) is 0 Å². The van der Waals surface area contributed by atoms with Gasteiger partial charge in [0.2, 0.25) is 0 Å². The van der Waals surface area contributed by atoms with Gasteiger partial charge in [-0.2, -0.15) is 5.10 Å². The Morgan fingerprint density at radius 1 is 0.956 bits per heavy atom. The number of hydrogen-bond donors (Lipinski definition) is 0. The Kier molecular flexibility index (Phi) is 7.41. The largest absolute Gasteiger partial charge is 0.497 e. The number of hydrogen-bond acceptors (Lipinski definition) is 7. The molecule has 9 heteroatoms. The Morgan fingerprint density at radius 3 is 2.44 bits per heavy atom. The maximum atomic E-state index is 13.5. The first-order chi connectivity index (χ1) is 21.8. The zero-order chi connectivity index (χ0) is 31.2. The lowest BCUT2D eigenvalue weighted by atomic mass is 10.0. The first kappa shape index (κ1) is 28.9. The Bertz CT molecular complexity index is 2030. The average Bonchev–Trinajstić information content (AvgIpc) is 3.60. The van der Waals surface area contributed by atoms with Gasteiger partial charge in [-0.05, 0) is 81.0 Å². The molecule has 1 saturated heterocycles. The van der Waals surface area contributed by atoms with Gasteiger partial charge in [0.05, 0.1) is 53.7 Å². The van der Waals surface area contributed by atoms with Crippen molar-refractivity contribution >= 4 is 44.5 Å². The number of rotatable bonds is 7. The molecular weight excluding hydrogens is 564 g/mol. The van der Waals surface area contributed by atoms with Crippen LogP contribution in [-0.2, 0) is 18.3 Å². The summed E-state index contributed by atoms with van der Waals surface area (Å²) in [6.07, 6.45) is 4.10. The van der Waals surface area contributed by atoms with E-state index in [0.29, 0.717) is 23.8 Å². The van der Waals surface area contributed by atoms with E-state index in [1.54, 1.807) is 7.11 Å². The number of ether oxygens (including phenoxy) is 2. The zero-order valence-electron chi connectivity index (χ0n) is 26.4. The van der Waals surface area contributed by atoms with Gasteiger partial charge in [-0.3, -0.25) is 4.68 Å². The van der Waals surface area contributed by atoms with Crippen molar-refractivity contribution in [3.05, 3.63) is 84.1 Å². The highest BCUT2D eigenvalue weighted by Crippen LogP contribution is 2.37. The summed E-state index contributed by atoms with van der Waals surface area (Å²) in [6.45, 7) is 2.56. The van der Waals surface area contributed by atoms with Crippen LogP contribution in [0.2, 0.25) is 0 Å². The summed E-state index contributed by atoms with van der Waals surface area (Å²) < 4.78 is 14.8. The van der Waals surface area contributed by atoms with Gasteiger partial charge >= 0.3 is 5.97 Å². The van der Waals surface area contributed by atoms with E-state index >= 15 is 0 Å². The number of anilines is 1. The third kappa shape index (κ3) is 5.17. The lowest BCUT2D eigenvalue weighted by molar-refractivity contribution is 0.0602. The number of aryl methyl sites for hydroxylation is 1. The maximum Gasteiger partial charge on any atom is 0.340 e. The van der Waals surface area contributed by atoms with E-state index in [-0.39, 0.29) is 0 Å². The molecule has 45 heavy (non-hydrogen) atoms. The van der Waals surface area contributed by atoms with Crippen molar-refractivity contribution in [1.82, 2.24) is 24.2 Å². The number of nitrogens with zero attached hydrogens (tertiary/aromatic N) is 6. The van der Waals surface area contributed by atoms with Gasteiger partial charge in [-0.15, -0.1) is 0 Å². The van der Waals surface area contributed by atoms with Gasteiger partial charge in [0.25, 0.3) is 0 Å². The number of carbonyl (C=O) groups excluding carboxylic acids is 1. The summed E-state index contributed by atoms with van der Waals surface area (Å²) in [5.74, 6) is 0.410. The summed E-state index contributed by atoms with van der Waals surface area (Å²) >= 11 is 0. The van der Waals surface area contributed by atoms with E-state index in [1.807, 2.05) is 48.3 Å². The topological polar surface area (TPSA) is 77.7 Å². The third-order valence-corrected chi connectivity index (χ3v) is 9.30. The van der Waals surface area contributed by atoms with Crippen LogP contribution >= 0.6 is 0 Å². The highest BCUT2D eigenvalue weighted by molar-refractivity contribution is 6.14. The fourth-order valence-electron chi connectivity index (χ4n) is 6.71. The Morgan fingerprint density at radius 2 is 1.73 bits per heavy atom. The SMILES string of the molecule is COC(=O)c1cc(-c2ccc3c(cnn3C)c2)nc2c3ccc(N4CCC(N(C)C)CC4)cc3n(Cc3ccc(OC)cc3)c12. The smallest absolute Gasteiger partial charge is 0.340 e. The maximum absolute atomic E-state index is 13.5. The van der Waals surface area contributed by atoms with Gasteiger partial charge in [-0.25, -0.2) is 9.78 Å². The zero-order valence-corrected chi connectivity index (χ0v) is 26.4. The second-order valence-corrected chi connectivity index (χ2v) is 12.1. The van der Waals surface area contributed by atoms with Crippen LogP contribution in [0.4, 0.5) is 5.69 Å². The van der Waals surface area contributed by atoms with Gasteiger partial charge in [-0.1, -0.05) is 18.2 Å². The molecule has 0 unspecified atom stereocenters. The van der Waals surface area contributed by atoms with E-state index in [4.69, 9.17) is 14.5 Å². The molecule has 6 aromatic rings. The molecule has 4 heterocycles. The fraction of sp³-hybridized carbons (Fsp3) is 0.306. The van der Waals surface area contributed by atoms with Crippen LogP contribution in [0.5, 0.6) is 5.75 Å². The first-order valence-corrected chi connectivity index (χ1v) is 15.4. The van der Waals surface area contributed by atoms with E-state index in [2.05, 4.69) is 70.0 Å². The van der Waals surface area contributed by atoms with Crippen molar-refractivity contribution in [2.45, 2.75) is 25.4 Å². The molecule has 0 radical (unpaired) electrons. The summed E-state index contributed by atoms with van der Waals surface area (Å²) in [7, 11) is 9.36. The predicted octanol–water partition coefficient (Wildman–Crippen LogP) is 6.12. The lowest BCUT2D eigenvalue weighted by Gasteiger charge is -2.36. The molecule has 1 aliphatic rings. The quantitative estimate of drug-likeness (QED) is 0.204. The lowest BCUT2D eigenvalue weighted by Crippen LogP contribution is -2.41. The minimum absolute atomic E-state index is 0.393. The molecule has 230 valence electrons. The van der Waals surface area contributed by atoms with Crippen LogP contribution in [-0.4, -0.2) is 77.6 Å². The van der Waals surface area contributed by atoms with Gasteiger partial charge < -0.3 is 23.8 Å². The van der Waals surface area contributed by atoms with Crippen molar-refractivity contribution in [2.75, 3.05) is 46.3 Å². The van der Waals surface area contributed by atoms with E-state index in [9.17, 15) is 4.79 Å². The second-order valence-electron chi connectivity index (χ2n) is 12.1. The Labute approximate surface area is 262 Å². The van der Waals surface area contributed by atoms with Crippen LogP contribution in [0.15, 0.2) is 72.9 Å². The number of esters is 1. The molecule has 0 bridgehead atoms. The predicted molar refractivity (Wildman–Crippen MR) is 179 cm³/mol. The molecule has 7 rings (SSSR count). The highest BCUT2D eigenvalue weighted by Gasteiger charge is 2.25. The molecule has 1 aliphatic heterocycles. The minimum Gasteiger partial charge on any atom is -0.497 e. The summed E-state index contributed by atoms with van der Waals surface area (Å²) in [5, 5.41) is 6.41. The Hall–Kier alpha value is -4.89. The van der Waals surface area contributed by atoms with Crippen molar-refractivity contribution in [1.29, 1.82) is 0 Å². The fourth-order valence-corrected chi connectivity index (χ4v) is 6.71. The van der Waals surface area contributed by atoms with Crippen molar-refractivity contribution in [3.8, 4) is 17.0 Å². The number of aromatic nitrogens is 4. The molecule has 9 nitrogen and oxygen atoms in total. The Balaban J connectivity index is 1.43. The number of fused-ring (bicyclic) bond motifs is 4. The molecule has 3 aromatic carbocycles. The molecule has 0 amide bonds. The number of carbonyl (C=O) groups is 1. The van der Waals surface area contributed by atoms with Crippen LogP contribution in [0.3, 0.4) is 0 Å². The number of methoxy groups -OCH3 is 2. The molecular formula is C36H38N6O3. The molecule has 3 aromatic heterocycles. The molecule has 1 fully saturated rings. The third-order valence-electron chi connectivity index (χ3n) is 9.30. The van der Waals surface area contributed by atoms with Crippen molar-refractivity contribution in [2.24, 2.45) is 7.05 Å². The first-order valence-electron chi connectivity index (χ1n) is 15.4. The monoisotopic (exact) mass is 602 g/mol. The molecule has 0 aliphatic carbocycles. The molecule has 0 atom stereocenters. The van der Waals surface area contributed by atoms with E-state index in [0.717, 1.165) is 75.6 Å². The van der Waals surface area contributed by atoms with Crippen LogP contribution in [0.25, 0.3) is 44.1 Å². The van der Waals surface area contributed by atoms with Gasteiger partial charge in [0, 0.05) is 54.7 Å². The molecule has 0 N–H and O–H groups in total. The second kappa shape index (κ2) is 11.6. The van der Waals surface area contributed by atoms with E-state index < -0.39 is 5.97 Å². The molecule has 0 saturated carbocycles. The van der Waals surface area contributed by atoms with Crippen LogP contribution < -0.4 is 9.64 Å². The normalized spacial score (nSPS) is 14.2.